The highest BCUT2D eigenvalue weighted by Gasteiger charge is 2.25. The topological polar surface area (TPSA) is 107 Å². The summed E-state index contributed by atoms with van der Waals surface area (Å²) in [4.78, 5) is 13.9. The van der Waals surface area contributed by atoms with E-state index in [4.69, 9.17) is 22.3 Å². The van der Waals surface area contributed by atoms with Crippen molar-refractivity contribution in [1.29, 1.82) is 0 Å². The molecule has 3 aromatic carbocycles. The lowest BCUT2D eigenvalue weighted by atomic mass is 9.92. The fourth-order valence-corrected chi connectivity index (χ4v) is 5.90. The van der Waals surface area contributed by atoms with Crippen LogP contribution in [-0.4, -0.2) is 36.7 Å². The number of aromatic nitrogens is 5. The second-order valence-corrected chi connectivity index (χ2v) is 11.3. The number of nitrogens with two attached hydrogens (primary N) is 1. The summed E-state index contributed by atoms with van der Waals surface area (Å²) >= 11 is 6.33. The largest absolute Gasteiger partial charge is 0.328 e. The first-order valence-corrected chi connectivity index (χ1v) is 14.5. The molecular weight excluding hydrogens is 570 g/mol. The Bertz CT molecular complexity index is 1820. The van der Waals surface area contributed by atoms with Gasteiger partial charge < -0.3 is 11.1 Å². The van der Waals surface area contributed by atoms with Crippen LogP contribution in [0.15, 0.2) is 78.0 Å². The molecule has 0 spiro atoms. The third kappa shape index (κ3) is 5.39. The molecule has 43 heavy (non-hydrogen) atoms. The second-order valence-electron chi connectivity index (χ2n) is 10.9. The molecule has 0 unspecified atom stereocenters. The van der Waals surface area contributed by atoms with Crippen molar-refractivity contribution < 1.29 is 8.78 Å². The van der Waals surface area contributed by atoms with Gasteiger partial charge in [-0.3, -0.25) is 4.99 Å². The van der Waals surface area contributed by atoms with E-state index in [0.29, 0.717) is 33.8 Å². The number of fused-ring (bicyclic) bond motifs is 3. The monoisotopic (exact) mass is 596 g/mol. The molecule has 0 atom stereocenters. The lowest BCUT2D eigenvalue weighted by molar-refractivity contribution is 0.300. The van der Waals surface area contributed by atoms with E-state index in [9.17, 15) is 8.78 Å². The van der Waals surface area contributed by atoms with E-state index in [1.54, 1.807) is 24.4 Å². The average molecular weight is 597 g/mol. The Kier molecular flexibility index (Phi) is 7.16. The highest BCUT2D eigenvalue weighted by molar-refractivity contribution is 6.31. The Labute approximate surface area is 251 Å². The first-order valence-electron chi connectivity index (χ1n) is 14.1. The van der Waals surface area contributed by atoms with Crippen molar-refractivity contribution in [3.8, 4) is 22.5 Å². The quantitative estimate of drug-likeness (QED) is 0.229. The summed E-state index contributed by atoms with van der Waals surface area (Å²) in [6.07, 6.45) is 7.70. The minimum Gasteiger partial charge on any atom is -0.328 e. The lowest BCUT2D eigenvalue weighted by Crippen LogP contribution is -2.28. The number of nitrogens with one attached hydrogen (secondary N) is 1. The van der Waals surface area contributed by atoms with Gasteiger partial charge in [0.2, 0.25) is 5.95 Å². The van der Waals surface area contributed by atoms with Gasteiger partial charge in [0.1, 0.15) is 17.3 Å². The number of hydrogen-bond donors (Lipinski definition) is 2. The van der Waals surface area contributed by atoms with Crippen LogP contribution in [0.2, 0.25) is 5.02 Å². The predicted molar refractivity (Wildman–Crippen MR) is 162 cm³/mol. The van der Waals surface area contributed by atoms with Gasteiger partial charge in [0.25, 0.3) is 0 Å². The predicted octanol–water partition coefficient (Wildman–Crippen LogP) is 6.87. The number of benzene rings is 3. The Hall–Kier alpha value is -4.54. The first kappa shape index (κ1) is 27.3. The van der Waals surface area contributed by atoms with Crippen LogP contribution in [0.5, 0.6) is 0 Å². The molecule has 5 aromatic rings. The Morgan fingerprint density at radius 1 is 0.930 bits per heavy atom. The summed E-state index contributed by atoms with van der Waals surface area (Å²) in [5, 5.41) is 12.4. The molecule has 0 radical (unpaired) electrons. The van der Waals surface area contributed by atoms with Gasteiger partial charge in [-0.2, -0.15) is 0 Å². The summed E-state index contributed by atoms with van der Waals surface area (Å²) in [5.41, 5.74) is 11.0. The van der Waals surface area contributed by atoms with E-state index >= 15 is 0 Å². The number of aliphatic imine (C=N–C) groups is 1. The van der Waals surface area contributed by atoms with E-state index in [1.165, 1.54) is 18.2 Å². The average Bonchev–Trinajstić information content (AvgIpc) is 3.45. The summed E-state index contributed by atoms with van der Waals surface area (Å²) in [6, 6.07) is 17.3. The molecule has 216 valence electrons. The molecule has 7 rings (SSSR count). The van der Waals surface area contributed by atoms with Crippen molar-refractivity contribution in [2.45, 2.75) is 44.3 Å². The summed E-state index contributed by atoms with van der Waals surface area (Å²) in [5.74, 6) is -1.03. The van der Waals surface area contributed by atoms with Crippen LogP contribution < -0.4 is 11.1 Å². The minimum atomic E-state index is -0.700. The number of halogens is 3. The number of hydrogen-bond acceptors (Lipinski definition) is 7. The number of rotatable bonds is 5. The smallest absolute Gasteiger partial charge is 0.227 e. The molecule has 8 nitrogen and oxygen atoms in total. The second kappa shape index (κ2) is 11.3. The van der Waals surface area contributed by atoms with E-state index in [1.807, 2.05) is 35.1 Å². The highest BCUT2D eigenvalue weighted by atomic mass is 35.5. The maximum absolute atomic E-state index is 14.8. The summed E-state index contributed by atoms with van der Waals surface area (Å²) in [6.45, 7) is 0.147. The molecule has 3 heterocycles. The molecule has 1 saturated carbocycles. The highest BCUT2D eigenvalue weighted by Crippen LogP contribution is 2.35. The molecule has 0 amide bonds. The van der Waals surface area contributed by atoms with E-state index in [0.717, 1.165) is 48.2 Å². The third-order valence-electron chi connectivity index (χ3n) is 8.03. The van der Waals surface area contributed by atoms with Crippen LogP contribution in [0.3, 0.4) is 0 Å². The van der Waals surface area contributed by atoms with Gasteiger partial charge in [0.05, 0.1) is 35.8 Å². The molecule has 11 heteroatoms. The van der Waals surface area contributed by atoms with Crippen LogP contribution in [0.4, 0.5) is 20.4 Å². The molecule has 0 bridgehead atoms. The summed E-state index contributed by atoms with van der Waals surface area (Å²) < 4.78 is 31.6. The van der Waals surface area contributed by atoms with Gasteiger partial charge >= 0.3 is 0 Å². The van der Waals surface area contributed by atoms with Crippen molar-refractivity contribution in [3.05, 3.63) is 106 Å². The zero-order valence-electron chi connectivity index (χ0n) is 23.0. The van der Waals surface area contributed by atoms with Crippen LogP contribution in [0, 0.1) is 11.6 Å². The molecule has 1 fully saturated rings. The Balaban J connectivity index is 1.15. The van der Waals surface area contributed by atoms with E-state index in [-0.39, 0.29) is 23.9 Å². The number of nitrogens with zero attached hydrogens (tertiary/aromatic N) is 6. The molecule has 2 aliphatic rings. The van der Waals surface area contributed by atoms with Gasteiger partial charge in [-0.15, -0.1) is 5.10 Å². The molecular formula is C32H27ClF2N8. The molecule has 1 aliphatic heterocycles. The maximum atomic E-state index is 14.8. The zero-order chi connectivity index (χ0) is 29.5. The molecule has 2 aromatic heterocycles. The number of anilines is 2. The van der Waals surface area contributed by atoms with Crippen molar-refractivity contribution >= 4 is 28.9 Å². The fourth-order valence-electron chi connectivity index (χ4n) is 5.73. The van der Waals surface area contributed by atoms with Crippen molar-refractivity contribution in [2.75, 3.05) is 5.32 Å². The van der Waals surface area contributed by atoms with Crippen molar-refractivity contribution in [1.82, 2.24) is 25.0 Å². The zero-order valence-corrected chi connectivity index (χ0v) is 23.8. The van der Waals surface area contributed by atoms with Gasteiger partial charge in [0.15, 0.2) is 0 Å². The molecule has 0 saturated heterocycles. The van der Waals surface area contributed by atoms with Gasteiger partial charge in [0, 0.05) is 45.2 Å². The van der Waals surface area contributed by atoms with Crippen LogP contribution in [0.25, 0.3) is 22.5 Å². The first-order chi connectivity index (χ1) is 20.9. The lowest BCUT2D eigenvalue weighted by Gasteiger charge is -2.25. The summed E-state index contributed by atoms with van der Waals surface area (Å²) in [7, 11) is 0. The molecule has 1 aliphatic carbocycles. The fraction of sp³-hybridized carbons (Fsp3) is 0.219. The van der Waals surface area contributed by atoms with Gasteiger partial charge in [-0.25, -0.2) is 23.4 Å². The van der Waals surface area contributed by atoms with Crippen LogP contribution in [-0.2, 0) is 6.54 Å². The third-order valence-corrected chi connectivity index (χ3v) is 8.26. The van der Waals surface area contributed by atoms with Crippen molar-refractivity contribution in [2.24, 2.45) is 10.7 Å². The Morgan fingerprint density at radius 2 is 1.70 bits per heavy atom. The SMILES string of the molecule is NC1CCC(n2cc(-c3ccc(Nc4ncc5c(n4)-c4ccc(Cl)cc4C(c4c(F)cccc4F)=NC5)cc3)nn2)CC1. The van der Waals surface area contributed by atoms with Gasteiger partial charge in [-0.1, -0.05) is 41.1 Å². The standard InChI is InChI=1S/C32H27ClF2N8/c33-20-6-13-24-25(14-20)31(29-26(34)2-1-3-27(29)35)37-15-19-16-38-32(40-30(19)24)39-22-9-4-18(5-10-22)28-17-43(42-41-28)23-11-7-21(36)8-12-23/h1-6,9-10,13-14,16-17,21,23H,7-8,11-12,15,36H2,(H,38,39,40). The van der Waals surface area contributed by atoms with Crippen LogP contribution in [0.1, 0.15) is 48.4 Å². The van der Waals surface area contributed by atoms with Gasteiger partial charge in [-0.05, 0) is 62.1 Å². The van der Waals surface area contributed by atoms with E-state index < -0.39 is 11.6 Å². The van der Waals surface area contributed by atoms with Crippen LogP contribution >= 0.6 is 11.6 Å². The normalized spacial score (nSPS) is 17.9. The maximum Gasteiger partial charge on any atom is 0.227 e. The van der Waals surface area contributed by atoms with E-state index in [2.05, 4.69) is 25.6 Å². The Morgan fingerprint density at radius 3 is 2.47 bits per heavy atom. The minimum absolute atomic E-state index is 0.147. The van der Waals surface area contributed by atoms with Crippen molar-refractivity contribution in [3.63, 3.8) is 0 Å². The molecule has 3 N–H and O–H groups in total.